The Balaban J connectivity index is -0.0000000635. The molecule has 6 N–H and O–H groups in total. The molecular formula is C9H19CaClNa2O10. The van der Waals surface area contributed by atoms with Crippen molar-refractivity contribution >= 4 is 133 Å². The van der Waals surface area contributed by atoms with Gasteiger partial charge >= 0.3 is 121 Å². The van der Waals surface area contributed by atoms with E-state index in [0.29, 0.717) is 0 Å². The molecule has 0 aliphatic heterocycles. The number of carboxylic acids is 4. The average molecular weight is 409 g/mol. The fraction of sp³-hybridized carbons (Fsp3) is 0.556. The Morgan fingerprint density at radius 2 is 1.13 bits per heavy atom. The van der Waals surface area contributed by atoms with Gasteiger partial charge in [-0.15, -0.1) is 12.4 Å². The third-order valence-corrected chi connectivity index (χ3v) is 1.64. The van der Waals surface area contributed by atoms with Gasteiger partial charge in [0.2, 0.25) is 0 Å². The summed E-state index contributed by atoms with van der Waals surface area (Å²) >= 11 is 0. The van der Waals surface area contributed by atoms with Crippen LogP contribution in [0.3, 0.4) is 0 Å². The maximum atomic E-state index is 10.3. The zero-order valence-electron chi connectivity index (χ0n) is 10.2. The van der Waals surface area contributed by atoms with E-state index < -0.39 is 48.4 Å². The molecule has 1 unspecified atom stereocenters. The van der Waals surface area contributed by atoms with Gasteiger partial charge in [0, 0.05) is 0 Å². The van der Waals surface area contributed by atoms with Crippen LogP contribution in [0.2, 0.25) is 0 Å². The molecule has 0 saturated carbocycles. The second-order valence-electron chi connectivity index (χ2n) is 3.49. The van der Waals surface area contributed by atoms with Gasteiger partial charge < -0.3 is 30.6 Å². The Morgan fingerprint density at radius 3 is 1.22 bits per heavy atom. The van der Waals surface area contributed by atoms with Gasteiger partial charge in [-0.25, -0.2) is 9.59 Å². The monoisotopic (exact) mass is 408 g/mol. The minimum atomic E-state index is -2.74. The molecule has 10 nitrogen and oxygen atoms in total. The first-order chi connectivity index (χ1) is 8.42. The molecule has 0 rings (SSSR count). The molecule has 14 heteroatoms. The molecule has 126 valence electrons. The number of aliphatic carboxylic acids is 4. The van der Waals surface area contributed by atoms with E-state index in [1.807, 2.05) is 0 Å². The van der Waals surface area contributed by atoms with Gasteiger partial charge in [-0.2, -0.15) is 0 Å². The summed E-state index contributed by atoms with van der Waals surface area (Å²) in [6, 6.07) is 0. The summed E-state index contributed by atoms with van der Waals surface area (Å²) in [5, 5.41) is 49.6. The number of halogens is 1. The molecule has 0 aliphatic rings. The number of hydrogen-bond donors (Lipinski definition) is 6. The molecule has 0 bridgehead atoms. The number of rotatable bonds is 6. The standard InChI is InChI=1S/C6H8O7.C3H6O3.Ca.ClH.2Na.4H/c7-3(8)1-6(13,5(11)12)2-4(9)10;1-2(4)3(5)6;;;;;;;;/h13H,1-2H2,(H,7,8)(H,9,10)(H,11,12);2,4H,1H3,(H,5,6);;1H;;;;;;. The first-order valence-electron chi connectivity index (χ1n) is 4.72. The van der Waals surface area contributed by atoms with E-state index in [-0.39, 0.29) is 109 Å². The van der Waals surface area contributed by atoms with Crippen molar-refractivity contribution < 1.29 is 49.8 Å². The van der Waals surface area contributed by atoms with E-state index in [2.05, 4.69) is 0 Å². The molecule has 0 aromatic heterocycles. The summed E-state index contributed by atoms with van der Waals surface area (Å²) in [6.45, 7) is 1.20. The Kier molecular flexibility index (Phi) is 33.7. The summed E-state index contributed by atoms with van der Waals surface area (Å²) in [6.07, 6.45) is -3.52. The van der Waals surface area contributed by atoms with Crippen LogP contribution in [0.1, 0.15) is 19.8 Å². The van der Waals surface area contributed by atoms with Gasteiger partial charge in [0.05, 0.1) is 12.8 Å². The third-order valence-electron chi connectivity index (χ3n) is 1.64. The molecule has 0 radical (unpaired) electrons. The summed E-state index contributed by atoms with van der Waals surface area (Å²) in [5.74, 6) is -6.20. The van der Waals surface area contributed by atoms with Crippen LogP contribution in [0, 0.1) is 0 Å². The van der Waals surface area contributed by atoms with Crippen molar-refractivity contribution in [2.75, 3.05) is 0 Å². The zero-order valence-corrected chi connectivity index (χ0v) is 11.0. The van der Waals surface area contributed by atoms with Crippen LogP contribution in [0.4, 0.5) is 0 Å². The third kappa shape index (κ3) is 23.3. The molecule has 0 spiro atoms. The van der Waals surface area contributed by atoms with Gasteiger partial charge in [0.25, 0.3) is 0 Å². The van der Waals surface area contributed by atoms with Crippen LogP contribution in [-0.4, -0.2) is 163 Å². The van der Waals surface area contributed by atoms with E-state index in [1.54, 1.807) is 0 Å². The molecule has 0 saturated heterocycles. The van der Waals surface area contributed by atoms with Gasteiger partial charge in [-0.3, -0.25) is 9.59 Å². The van der Waals surface area contributed by atoms with Gasteiger partial charge in [0.15, 0.2) is 5.60 Å². The maximum absolute atomic E-state index is 10.3. The summed E-state index contributed by atoms with van der Waals surface area (Å²) in [4.78, 5) is 39.9. The van der Waals surface area contributed by atoms with Crippen molar-refractivity contribution in [2.45, 2.75) is 31.5 Å². The van der Waals surface area contributed by atoms with Crippen molar-refractivity contribution in [1.82, 2.24) is 0 Å². The van der Waals surface area contributed by atoms with Crippen LogP contribution in [0.15, 0.2) is 0 Å². The normalized spacial score (nSPS) is 9.70. The van der Waals surface area contributed by atoms with Crippen molar-refractivity contribution in [1.29, 1.82) is 0 Å². The first kappa shape index (κ1) is 39.4. The van der Waals surface area contributed by atoms with Crippen LogP contribution in [0.5, 0.6) is 0 Å². The van der Waals surface area contributed by atoms with E-state index in [0.717, 1.165) is 0 Å². The van der Waals surface area contributed by atoms with Crippen molar-refractivity contribution in [3.63, 3.8) is 0 Å². The predicted octanol–water partition coefficient (Wildman–Crippen LogP) is -3.59. The Hall–Kier alpha value is 1.35. The summed E-state index contributed by atoms with van der Waals surface area (Å²) in [5.41, 5.74) is -2.74. The predicted molar refractivity (Wildman–Crippen MR) is 86.5 cm³/mol. The van der Waals surface area contributed by atoms with Crippen LogP contribution in [0.25, 0.3) is 0 Å². The number of carboxylic acid groups (broad SMARTS) is 4. The van der Waals surface area contributed by atoms with Gasteiger partial charge in [0.1, 0.15) is 6.10 Å². The quantitative estimate of drug-likeness (QED) is 0.239. The van der Waals surface area contributed by atoms with E-state index in [4.69, 9.17) is 30.6 Å². The van der Waals surface area contributed by atoms with Crippen molar-refractivity contribution in [3.8, 4) is 0 Å². The molecular weight excluding hydrogens is 390 g/mol. The van der Waals surface area contributed by atoms with Crippen molar-refractivity contribution in [3.05, 3.63) is 0 Å². The Morgan fingerprint density at radius 1 is 0.913 bits per heavy atom. The van der Waals surface area contributed by atoms with Crippen molar-refractivity contribution in [2.24, 2.45) is 0 Å². The van der Waals surface area contributed by atoms with E-state index in [1.165, 1.54) is 6.92 Å². The number of aliphatic hydroxyl groups excluding tert-OH is 1. The van der Waals surface area contributed by atoms with Crippen LogP contribution >= 0.6 is 12.4 Å². The molecule has 0 heterocycles. The minimum absolute atomic E-state index is 0. The Bertz CT molecular complexity index is 363. The number of aliphatic hydroxyl groups is 2. The molecule has 0 aromatic rings. The summed E-state index contributed by atoms with van der Waals surface area (Å²) < 4.78 is 0. The number of hydrogen-bond acceptors (Lipinski definition) is 6. The van der Waals surface area contributed by atoms with Gasteiger partial charge in [-0.1, -0.05) is 0 Å². The van der Waals surface area contributed by atoms with Crippen LogP contribution in [-0.2, 0) is 19.2 Å². The van der Waals surface area contributed by atoms with E-state index >= 15 is 0 Å². The zero-order chi connectivity index (χ0) is 15.8. The fourth-order valence-corrected chi connectivity index (χ4v) is 0.714. The average Bonchev–Trinajstić information content (AvgIpc) is 2.14. The molecule has 0 aromatic carbocycles. The van der Waals surface area contributed by atoms with E-state index in [9.17, 15) is 19.2 Å². The first-order valence-corrected chi connectivity index (χ1v) is 4.72. The molecule has 0 amide bonds. The molecule has 23 heavy (non-hydrogen) atoms. The SMILES string of the molecule is CC(O)C(=O)O.Cl.O=C(O)CC(O)(CC(=O)O)C(=O)O.[CaH2].[NaH].[NaH]. The second-order valence-corrected chi connectivity index (χ2v) is 3.49. The number of carbonyl (C=O) groups is 4. The topological polar surface area (TPSA) is 190 Å². The Labute approximate surface area is 211 Å². The second kappa shape index (κ2) is 19.7. The van der Waals surface area contributed by atoms with Gasteiger partial charge in [-0.05, 0) is 6.92 Å². The van der Waals surface area contributed by atoms with Crippen LogP contribution < -0.4 is 0 Å². The molecule has 0 fully saturated rings. The fourth-order valence-electron chi connectivity index (χ4n) is 0.714. The molecule has 1 atom stereocenters. The molecule has 0 aliphatic carbocycles. The summed E-state index contributed by atoms with van der Waals surface area (Å²) in [7, 11) is 0.